The first-order chi connectivity index (χ1) is 10.0. The summed E-state index contributed by atoms with van der Waals surface area (Å²) in [5, 5.41) is 9.02. The average molecular weight is 290 g/mol. The van der Waals surface area contributed by atoms with Crippen LogP contribution in [0.25, 0.3) is 0 Å². The molecule has 2 atom stereocenters. The summed E-state index contributed by atoms with van der Waals surface area (Å²) < 4.78 is 0. The highest BCUT2D eigenvalue weighted by atomic mass is 16.4. The first kappa shape index (κ1) is 15.5. The van der Waals surface area contributed by atoms with Crippen molar-refractivity contribution in [2.45, 2.75) is 45.6 Å². The number of aromatic nitrogens is 1. The van der Waals surface area contributed by atoms with Crippen molar-refractivity contribution in [1.82, 2.24) is 9.88 Å². The minimum Gasteiger partial charge on any atom is -0.478 e. The van der Waals surface area contributed by atoms with E-state index in [9.17, 15) is 9.59 Å². The zero-order chi connectivity index (χ0) is 15.4. The molecule has 0 saturated heterocycles. The molecule has 1 aliphatic rings. The van der Waals surface area contributed by atoms with E-state index in [1.165, 1.54) is 24.8 Å². The molecule has 0 radical (unpaired) electrons. The van der Waals surface area contributed by atoms with Crippen molar-refractivity contribution in [2.24, 2.45) is 5.92 Å². The highest BCUT2D eigenvalue weighted by Gasteiger charge is 2.30. The number of carbonyl (C=O) groups is 2. The highest BCUT2D eigenvalue weighted by Crippen LogP contribution is 2.28. The Morgan fingerprint density at radius 1 is 1.38 bits per heavy atom. The molecule has 1 N–H and O–H groups in total. The Balaban J connectivity index is 2.23. The molecule has 1 saturated carbocycles. The average Bonchev–Trinajstić information content (AvgIpc) is 2.50. The van der Waals surface area contributed by atoms with Crippen LogP contribution in [-0.4, -0.2) is 39.5 Å². The van der Waals surface area contributed by atoms with Gasteiger partial charge in [0.15, 0.2) is 0 Å². The van der Waals surface area contributed by atoms with E-state index in [-0.39, 0.29) is 23.2 Å². The molecule has 5 nitrogen and oxygen atoms in total. The van der Waals surface area contributed by atoms with Crippen LogP contribution in [0.15, 0.2) is 18.3 Å². The normalized spacial score (nSPS) is 21.8. The van der Waals surface area contributed by atoms with Crippen LogP contribution in [0.2, 0.25) is 0 Å². The summed E-state index contributed by atoms with van der Waals surface area (Å²) in [5.41, 5.74) is 0.315. The summed E-state index contributed by atoms with van der Waals surface area (Å²) >= 11 is 0. The first-order valence-corrected chi connectivity index (χ1v) is 7.55. The van der Waals surface area contributed by atoms with E-state index in [0.29, 0.717) is 12.5 Å². The van der Waals surface area contributed by atoms with Crippen LogP contribution in [0.1, 0.15) is 60.4 Å². The van der Waals surface area contributed by atoms with Crippen LogP contribution in [-0.2, 0) is 0 Å². The fraction of sp³-hybridized carbons (Fsp3) is 0.562. The van der Waals surface area contributed by atoms with Gasteiger partial charge in [-0.05, 0) is 37.8 Å². The van der Waals surface area contributed by atoms with Gasteiger partial charge in [-0.25, -0.2) is 4.79 Å². The van der Waals surface area contributed by atoms with Crippen LogP contribution in [0.3, 0.4) is 0 Å². The lowest BCUT2D eigenvalue weighted by Crippen LogP contribution is -2.45. The molecule has 1 aromatic rings. The monoisotopic (exact) mass is 290 g/mol. The van der Waals surface area contributed by atoms with Crippen molar-refractivity contribution in [1.29, 1.82) is 0 Å². The standard InChI is InChI=1S/C16H22N2O3/c1-3-18(14-7-5-4-6-11(14)2)15(19)13-10-12(16(20)21)8-9-17-13/h8-11,14H,3-7H2,1-2H3,(H,20,21). The largest absolute Gasteiger partial charge is 0.478 e. The molecule has 2 rings (SSSR count). The van der Waals surface area contributed by atoms with E-state index in [1.54, 1.807) is 0 Å². The van der Waals surface area contributed by atoms with Crippen molar-refractivity contribution in [3.63, 3.8) is 0 Å². The number of hydrogen-bond acceptors (Lipinski definition) is 3. The maximum atomic E-state index is 12.7. The number of aromatic carboxylic acids is 1. The lowest BCUT2D eigenvalue weighted by molar-refractivity contribution is 0.0564. The van der Waals surface area contributed by atoms with Gasteiger partial charge in [0.2, 0.25) is 0 Å². The molecule has 21 heavy (non-hydrogen) atoms. The van der Waals surface area contributed by atoms with Crippen LogP contribution < -0.4 is 0 Å². The Morgan fingerprint density at radius 3 is 2.71 bits per heavy atom. The van der Waals surface area contributed by atoms with Crippen molar-refractivity contribution in [3.8, 4) is 0 Å². The Morgan fingerprint density at radius 2 is 2.10 bits per heavy atom. The molecule has 0 aromatic carbocycles. The highest BCUT2D eigenvalue weighted by molar-refractivity contribution is 5.96. The Kier molecular flexibility index (Phi) is 4.94. The van der Waals surface area contributed by atoms with Crippen LogP contribution in [0, 0.1) is 5.92 Å². The second-order valence-electron chi connectivity index (χ2n) is 5.66. The fourth-order valence-corrected chi connectivity index (χ4v) is 3.12. The third-order valence-corrected chi connectivity index (χ3v) is 4.29. The van der Waals surface area contributed by atoms with Gasteiger partial charge in [0, 0.05) is 18.8 Å². The molecule has 114 valence electrons. The third kappa shape index (κ3) is 3.40. The number of rotatable bonds is 4. The molecule has 1 amide bonds. The van der Waals surface area contributed by atoms with Crippen LogP contribution >= 0.6 is 0 Å². The fourth-order valence-electron chi connectivity index (χ4n) is 3.12. The van der Waals surface area contributed by atoms with Gasteiger partial charge < -0.3 is 10.0 Å². The Hall–Kier alpha value is -1.91. The maximum Gasteiger partial charge on any atom is 0.335 e. The number of nitrogens with zero attached hydrogens (tertiary/aromatic N) is 2. The summed E-state index contributed by atoms with van der Waals surface area (Å²) in [6.07, 6.45) is 5.89. The van der Waals surface area contributed by atoms with Crippen molar-refractivity contribution in [2.75, 3.05) is 6.54 Å². The van der Waals surface area contributed by atoms with Gasteiger partial charge in [-0.15, -0.1) is 0 Å². The van der Waals surface area contributed by atoms with Crippen LogP contribution in [0.5, 0.6) is 0 Å². The van der Waals surface area contributed by atoms with Gasteiger partial charge in [0.25, 0.3) is 5.91 Å². The number of carboxylic acid groups (broad SMARTS) is 1. The molecule has 1 aliphatic carbocycles. The maximum absolute atomic E-state index is 12.7. The molecule has 1 heterocycles. The summed E-state index contributed by atoms with van der Waals surface area (Å²) in [5.74, 6) is -0.731. The molecule has 5 heteroatoms. The van der Waals surface area contributed by atoms with Gasteiger partial charge in [-0.1, -0.05) is 19.8 Å². The minimum absolute atomic E-state index is 0.0982. The second-order valence-corrected chi connectivity index (χ2v) is 5.66. The van der Waals surface area contributed by atoms with Crippen LogP contribution in [0.4, 0.5) is 0 Å². The summed E-state index contributed by atoms with van der Waals surface area (Å²) in [7, 11) is 0. The van der Waals surface area contributed by atoms with Gasteiger partial charge in [-0.3, -0.25) is 9.78 Å². The summed E-state index contributed by atoms with van der Waals surface area (Å²) in [4.78, 5) is 29.6. The first-order valence-electron chi connectivity index (χ1n) is 7.55. The van der Waals surface area contributed by atoms with E-state index in [2.05, 4.69) is 11.9 Å². The van der Waals surface area contributed by atoms with E-state index >= 15 is 0 Å². The number of amides is 1. The van der Waals surface area contributed by atoms with E-state index < -0.39 is 5.97 Å². The topological polar surface area (TPSA) is 70.5 Å². The zero-order valence-corrected chi connectivity index (χ0v) is 12.6. The summed E-state index contributed by atoms with van der Waals surface area (Å²) in [6, 6.07) is 2.99. The lowest BCUT2D eigenvalue weighted by Gasteiger charge is -2.38. The molecule has 1 fully saturated rings. The molecule has 0 aliphatic heterocycles. The SMILES string of the molecule is CCN(C(=O)c1cc(C(=O)O)ccn1)C1CCCCC1C. The lowest BCUT2D eigenvalue weighted by atomic mass is 9.84. The smallest absolute Gasteiger partial charge is 0.335 e. The molecule has 0 bridgehead atoms. The van der Waals surface area contributed by atoms with Gasteiger partial charge in [-0.2, -0.15) is 0 Å². The Labute approximate surface area is 125 Å². The van der Waals surface area contributed by atoms with E-state index in [0.717, 1.165) is 19.3 Å². The van der Waals surface area contributed by atoms with Gasteiger partial charge in [0.05, 0.1) is 5.56 Å². The predicted octanol–water partition coefficient (Wildman–Crippen LogP) is 2.82. The van der Waals surface area contributed by atoms with E-state index in [1.807, 2.05) is 11.8 Å². The predicted molar refractivity (Wildman–Crippen MR) is 79.3 cm³/mol. The van der Waals surface area contributed by atoms with E-state index in [4.69, 9.17) is 5.11 Å². The summed E-state index contributed by atoms with van der Waals surface area (Å²) in [6.45, 7) is 4.76. The van der Waals surface area contributed by atoms with Crippen molar-refractivity contribution >= 4 is 11.9 Å². The second kappa shape index (κ2) is 6.70. The quantitative estimate of drug-likeness (QED) is 0.925. The molecular weight excluding hydrogens is 268 g/mol. The Bertz CT molecular complexity index is 530. The number of carbonyl (C=O) groups excluding carboxylic acids is 1. The van der Waals surface area contributed by atoms with Gasteiger partial charge >= 0.3 is 5.97 Å². The number of pyridine rings is 1. The number of hydrogen-bond donors (Lipinski definition) is 1. The van der Waals surface area contributed by atoms with Gasteiger partial charge in [0.1, 0.15) is 5.69 Å². The molecule has 2 unspecified atom stereocenters. The third-order valence-electron chi connectivity index (χ3n) is 4.29. The van der Waals surface area contributed by atoms with Crippen molar-refractivity contribution in [3.05, 3.63) is 29.6 Å². The number of carboxylic acids is 1. The van der Waals surface area contributed by atoms with Crippen molar-refractivity contribution < 1.29 is 14.7 Å². The zero-order valence-electron chi connectivity index (χ0n) is 12.6. The molecule has 1 aromatic heterocycles. The molecule has 0 spiro atoms. The molecular formula is C16H22N2O3. The minimum atomic E-state index is -1.04.